The lowest BCUT2D eigenvalue weighted by Crippen LogP contribution is -2.22. The van der Waals surface area contributed by atoms with Crippen LogP contribution in [0.15, 0.2) is 35.1 Å². The summed E-state index contributed by atoms with van der Waals surface area (Å²) in [6.07, 6.45) is 0.978. The Labute approximate surface area is 111 Å². The number of nitrogens with zero attached hydrogens (tertiary/aromatic N) is 2. The number of hydrogen-bond donors (Lipinski definition) is 2. The number of H-pyrrole nitrogens is 1. The molecule has 5 nitrogen and oxygen atoms in total. The maximum absolute atomic E-state index is 11.5. The summed E-state index contributed by atoms with van der Waals surface area (Å²) >= 11 is 0. The molecule has 2 rings (SSSR count). The van der Waals surface area contributed by atoms with E-state index in [0.29, 0.717) is 11.7 Å². The zero-order chi connectivity index (χ0) is 13.8. The third kappa shape index (κ3) is 2.99. The van der Waals surface area contributed by atoms with Crippen LogP contribution in [0, 0.1) is 5.92 Å². The number of anilines is 1. The summed E-state index contributed by atoms with van der Waals surface area (Å²) in [5.74, 6) is 0.956. The van der Waals surface area contributed by atoms with E-state index in [9.17, 15) is 4.79 Å². The second-order valence-corrected chi connectivity index (χ2v) is 4.67. The Morgan fingerprint density at radius 2 is 1.95 bits per heavy atom. The summed E-state index contributed by atoms with van der Waals surface area (Å²) in [6, 6.07) is 10.00. The number of nitrogens with two attached hydrogens (primary N) is 1. The summed E-state index contributed by atoms with van der Waals surface area (Å²) in [5.41, 5.74) is 6.24. The predicted molar refractivity (Wildman–Crippen MR) is 74.8 cm³/mol. The van der Waals surface area contributed by atoms with E-state index in [-0.39, 0.29) is 11.9 Å². The van der Waals surface area contributed by atoms with E-state index in [1.807, 2.05) is 30.3 Å². The molecule has 0 aliphatic carbocycles. The van der Waals surface area contributed by atoms with Crippen molar-refractivity contribution >= 4 is 5.95 Å². The second kappa shape index (κ2) is 5.65. The minimum absolute atomic E-state index is 0.0167. The van der Waals surface area contributed by atoms with Crippen molar-refractivity contribution in [2.45, 2.75) is 26.2 Å². The highest BCUT2D eigenvalue weighted by Gasteiger charge is 2.22. The molecular formula is C14H18N4O. The van der Waals surface area contributed by atoms with Crippen LogP contribution >= 0.6 is 0 Å². The molecule has 0 aliphatic rings. The number of nitrogens with one attached hydrogen (secondary N) is 1. The molecule has 19 heavy (non-hydrogen) atoms. The third-order valence-corrected chi connectivity index (χ3v) is 3.35. The van der Waals surface area contributed by atoms with Crippen LogP contribution in [-0.4, -0.2) is 15.0 Å². The van der Waals surface area contributed by atoms with Crippen molar-refractivity contribution in [2.75, 3.05) is 5.73 Å². The quantitative estimate of drug-likeness (QED) is 0.877. The molecule has 3 N–H and O–H groups in total. The largest absolute Gasteiger partial charge is 0.368 e. The number of aromatic amines is 1. The first-order valence-corrected chi connectivity index (χ1v) is 6.40. The van der Waals surface area contributed by atoms with Gasteiger partial charge in [0.25, 0.3) is 0 Å². The Kier molecular flexibility index (Phi) is 3.94. The molecule has 0 radical (unpaired) electrons. The maximum atomic E-state index is 11.5. The highest BCUT2D eigenvalue weighted by atomic mass is 16.1. The number of aromatic nitrogens is 3. The highest BCUT2D eigenvalue weighted by Crippen LogP contribution is 2.31. The van der Waals surface area contributed by atoms with Gasteiger partial charge >= 0.3 is 5.69 Å². The van der Waals surface area contributed by atoms with Gasteiger partial charge in [0, 0.05) is 5.92 Å². The van der Waals surface area contributed by atoms with Gasteiger partial charge in [0.15, 0.2) is 0 Å². The van der Waals surface area contributed by atoms with Gasteiger partial charge in [-0.3, -0.25) is 4.98 Å². The van der Waals surface area contributed by atoms with E-state index in [0.717, 1.165) is 12.0 Å². The molecule has 2 atom stereocenters. The summed E-state index contributed by atoms with van der Waals surface area (Å²) in [4.78, 5) is 21.9. The van der Waals surface area contributed by atoms with Gasteiger partial charge in [-0.1, -0.05) is 50.6 Å². The molecule has 0 spiro atoms. The number of nitrogen functional groups attached to an aromatic ring is 1. The van der Waals surface area contributed by atoms with Gasteiger partial charge in [0.2, 0.25) is 5.95 Å². The molecule has 1 heterocycles. The van der Waals surface area contributed by atoms with Crippen molar-refractivity contribution < 1.29 is 0 Å². The van der Waals surface area contributed by atoms with Crippen molar-refractivity contribution in [1.29, 1.82) is 0 Å². The van der Waals surface area contributed by atoms with Crippen LogP contribution in [0.5, 0.6) is 0 Å². The summed E-state index contributed by atoms with van der Waals surface area (Å²) in [5, 5.41) is 0. The first-order valence-electron chi connectivity index (χ1n) is 6.40. The molecule has 5 heteroatoms. The van der Waals surface area contributed by atoms with E-state index >= 15 is 0 Å². The molecule has 0 saturated heterocycles. The van der Waals surface area contributed by atoms with E-state index in [4.69, 9.17) is 5.73 Å². The molecule has 0 fully saturated rings. The maximum Gasteiger partial charge on any atom is 0.349 e. The monoisotopic (exact) mass is 258 g/mol. The van der Waals surface area contributed by atoms with Gasteiger partial charge in [-0.15, -0.1) is 0 Å². The van der Waals surface area contributed by atoms with Gasteiger partial charge in [0.1, 0.15) is 5.82 Å². The van der Waals surface area contributed by atoms with Gasteiger partial charge in [-0.25, -0.2) is 4.79 Å². The fraction of sp³-hybridized carbons (Fsp3) is 0.357. The van der Waals surface area contributed by atoms with Crippen molar-refractivity contribution in [3.63, 3.8) is 0 Å². The number of benzene rings is 1. The molecular weight excluding hydrogens is 240 g/mol. The van der Waals surface area contributed by atoms with Crippen molar-refractivity contribution in [2.24, 2.45) is 5.92 Å². The summed E-state index contributed by atoms with van der Waals surface area (Å²) in [6.45, 7) is 4.25. The predicted octanol–water partition coefficient (Wildman–Crippen LogP) is 1.93. The normalized spacial score (nSPS) is 14.0. The van der Waals surface area contributed by atoms with Crippen molar-refractivity contribution in [3.05, 3.63) is 52.2 Å². The Hall–Kier alpha value is -2.17. The average Bonchev–Trinajstić information content (AvgIpc) is 2.39. The summed E-state index contributed by atoms with van der Waals surface area (Å²) < 4.78 is 0. The fourth-order valence-corrected chi connectivity index (χ4v) is 2.22. The summed E-state index contributed by atoms with van der Waals surface area (Å²) in [7, 11) is 0. The molecule has 1 aromatic heterocycles. The third-order valence-electron chi connectivity index (χ3n) is 3.35. The topological polar surface area (TPSA) is 84.7 Å². The van der Waals surface area contributed by atoms with Crippen molar-refractivity contribution in [1.82, 2.24) is 15.0 Å². The van der Waals surface area contributed by atoms with Gasteiger partial charge in [-0.05, 0) is 11.5 Å². The van der Waals surface area contributed by atoms with E-state index in [1.165, 1.54) is 0 Å². The van der Waals surface area contributed by atoms with E-state index < -0.39 is 5.69 Å². The smallest absolute Gasteiger partial charge is 0.349 e. The van der Waals surface area contributed by atoms with Gasteiger partial charge in [-0.2, -0.15) is 9.97 Å². The highest BCUT2D eigenvalue weighted by molar-refractivity contribution is 5.28. The lowest BCUT2D eigenvalue weighted by molar-refractivity contribution is 0.476. The van der Waals surface area contributed by atoms with Gasteiger partial charge < -0.3 is 5.73 Å². The van der Waals surface area contributed by atoms with Crippen LogP contribution in [0.2, 0.25) is 0 Å². The van der Waals surface area contributed by atoms with Crippen molar-refractivity contribution in [3.8, 4) is 0 Å². The molecule has 100 valence electrons. The first kappa shape index (κ1) is 13.3. The molecule has 1 aromatic carbocycles. The lowest BCUT2D eigenvalue weighted by Gasteiger charge is -2.22. The molecule has 2 aromatic rings. The minimum atomic E-state index is -0.452. The standard InChI is InChI=1S/C14H18N4O/c1-3-9(2)11(10-7-5-4-6-8-10)12-16-13(15)18-14(19)17-12/h4-9,11H,3H2,1-2H3,(H3,15,16,17,18,19). The molecule has 2 unspecified atom stereocenters. The first-order chi connectivity index (χ1) is 9.11. The Bertz CT molecular complexity index is 594. The Balaban J connectivity index is 2.52. The van der Waals surface area contributed by atoms with Crippen LogP contribution < -0.4 is 11.4 Å². The van der Waals surface area contributed by atoms with E-state index in [2.05, 4.69) is 28.8 Å². The number of hydrogen-bond acceptors (Lipinski definition) is 4. The molecule has 0 bridgehead atoms. The van der Waals surface area contributed by atoms with Crippen LogP contribution in [0.4, 0.5) is 5.95 Å². The van der Waals surface area contributed by atoms with Crippen LogP contribution in [-0.2, 0) is 0 Å². The Morgan fingerprint density at radius 1 is 1.26 bits per heavy atom. The zero-order valence-corrected chi connectivity index (χ0v) is 11.1. The minimum Gasteiger partial charge on any atom is -0.368 e. The van der Waals surface area contributed by atoms with Crippen LogP contribution in [0.1, 0.15) is 37.6 Å². The second-order valence-electron chi connectivity index (χ2n) is 4.67. The molecule has 0 saturated carbocycles. The fourth-order valence-electron chi connectivity index (χ4n) is 2.22. The van der Waals surface area contributed by atoms with Crippen LogP contribution in [0.3, 0.4) is 0 Å². The van der Waals surface area contributed by atoms with E-state index in [1.54, 1.807) is 0 Å². The zero-order valence-electron chi connectivity index (χ0n) is 11.1. The molecule has 0 amide bonds. The molecule has 0 aliphatic heterocycles. The average molecular weight is 258 g/mol. The number of rotatable bonds is 4. The lowest BCUT2D eigenvalue weighted by atomic mass is 9.85. The Morgan fingerprint density at radius 3 is 2.53 bits per heavy atom. The van der Waals surface area contributed by atoms with Gasteiger partial charge in [0.05, 0.1) is 0 Å². The SMILES string of the molecule is CCC(C)C(c1ccccc1)c1nc(N)nc(=O)[nH]1. The van der Waals surface area contributed by atoms with Crippen LogP contribution in [0.25, 0.3) is 0 Å².